The van der Waals surface area contributed by atoms with Gasteiger partial charge in [-0.25, -0.2) is 0 Å². The normalized spacial score (nSPS) is 13.7. The van der Waals surface area contributed by atoms with Gasteiger partial charge >= 0.3 is 0 Å². The van der Waals surface area contributed by atoms with Crippen molar-refractivity contribution in [3.63, 3.8) is 0 Å². The molecule has 0 aromatic heterocycles. The molecule has 6 heteroatoms. The van der Waals surface area contributed by atoms with E-state index >= 15 is 0 Å². The number of hydrogen-bond donors (Lipinski definition) is 2. The number of halogens is 2. The number of phenolic OH excluding ortho intramolecular Hbond substituents is 1. The van der Waals surface area contributed by atoms with E-state index in [-0.39, 0.29) is 15.8 Å². The standard InChI is InChI=1S/C16H13Cl2N3O/c17-12-6-11(7-13(18)16(12)22)19-8-14-15(21-9-20-14)10-4-2-1-3-5-10/h1-7,19,22H,8-9H2. The van der Waals surface area contributed by atoms with Crippen LogP contribution in [-0.2, 0) is 0 Å². The Morgan fingerprint density at radius 1 is 1.05 bits per heavy atom. The van der Waals surface area contributed by atoms with Crippen LogP contribution in [0.3, 0.4) is 0 Å². The van der Waals surface area contributed by atoms with Crippen molar-refractivity contribution >= 4 is 40.3 Å². The number of anilines is 1. The summed E-state index contributed by atoms with van der Waals surface area (Å²) in [5.41, 5.74) is 3.53. The molecule has 0 unspecified atom stereocenters. The highest BCUT2D eigenvalue weighted by molar-refractivity contribution is 6.50. The van der Waals surface area contributed by atoms with E-state index in [4.69, 9.17) is 23.2 Å². The molecule has 1 heterocycles. The molecule has 0 aliphatic carbocycles. The van der Waals surface area contributed by atoms with Crippen LogP contribution in [-0.4, -0.2) is 29.7 Å². The Morgan fingerprint density at radius 3 is 2.41 bits per heavy atom. The first kappa shape index (κ1) is 14.9. The molecule has 0 spiro atoms. The summed E-state index contributed by atoms with van der Waals surface area (Å²) in [7, 11) is 0. The summed E-state index contributed by atoms with van der Waals surface area (Å²) in [6, 6.07) is 13.2. The van der Waals surface area contributed by atoms with Crippen LogP contribution in [0.15, 0.2) is 52.4 Å². The van der Waals surface area contributed by atoms with Crippen LogP contribution in [0.4, 0.5) is 5.69 Å². The van der Waals surface area contributed by atoms with Gasteiger partial charge in [0.2, 0.25) is 0 Å². The van der Waals surface area contributed by atoms with E-state index in [2.05, 4.69) is 15.3 Å². The zero-order valence-electron chi connectivity index (χ0n) is 11.6. The lowest BCUT2D eigenvalue weighted by atomic mass is 10.1. The van der Waals surface area contributed by atoms with E-state index in [9.17, 15) is 5.11 Å². The van der Waals surface area contributed by atoms with E-state index in [1.54, 1.807) is 12.1 Å². The van der Waals surface area contributed by atoms with Gasteiger partial charge in [0.05, 0.1) is 28.0 Å². The Kier molecular flexibility index (Phi) is 4.32. The summed E-state index contributed by atoms with van der Waals surface area (Å²) in [5.74, 6) is -0.112. The number of nitrogens with zero attached hydrogens (tertiary/aromatic N) is 2. The number of aromatic hydroxyl groups is 1. The van der Waals surface area contributed by atoms with Crippen molar-refractivity contribution in [2.75, 3.05) is 18.5 Å². The zero-order chi connectivity index (χ0) is 15.5. The molecule has 2 N–H and O–H groups in total. The van der Waals surface area contributed by atoms with E-state index in [0.29, 0.717) is 13.2 Å². The molecule has 2 aromatic carbocycles. The third kappa shape index (κ3) is 3.08. The van der Waals surface area contributed by atoms with Crippen LogP contribution in [0.1, 0.15) is 5.56 Å². The second kappa shape index (κ2) is 6.38. The first-order valence-electron chi connectivity index (χ1n) is 6.70. The Morgan fingerprint density at radius 2 is 1.73 bits per heavy atom. The van der Waals surface area contributed by atoms with E-state index in [1.165, 1.54) is 0 Å². The molecule has 0 amide bonds. The summed E-state index contributed by atoms with van der Waals surface area (Å²) in [5, 5.41) is 13.2. The van der Waals surface area contributed by atoms with Gasteiger partial charge in [-0.1, -0.05) is 53.5 Å². The summed E-state index contributed by atoms with van der Waals surface area (Å²) in [6.45, 7) is 0.948. The lowest BCUT2D eigenvalue weighted by molar-refractivity contribution is 0.476. The monoisotopic (exact) mass is 333 g/mol. The number of phenols is 1. The van der Waals surface area contributed by atoms with Crippen molar-refractivity contribution in [1.29, 1.82) is 0 Å². The average molecular weight is 334 g/mol. The fraction of sp³-hybridized carbons (Fsp3) is 0.125. The van der Waals surface area contributed by atoms with Gasteiger partial charge in [-0.05, 0) is 12.1 Å². The molecule has 22 heavy (non-hydrogen) atoms. The lowest BCUT2D eigenvalue weighted by Crippen LogP contribution is -2.22. The fourth-order valence-corrected chi connectivity index (χ4v) is 2.69. The second-order valence-corrected chi connectivity index (χ2v) is 5.58. The summed E-state index contributed by atoms with van der Waals surface area (Å²) < 4.78 is 0. The van der Waals surface area contributed by atoms with Gasteiger partial charge in [-0.2, -0.15) is 0 Å². The molecule has 4 nitrogen and oxygen atoms in total. The summed E-state index contributed by atoms with van der Waals surface area (Å²) in [4.78, 5) is 8.84. The molecular formula is C16H13Cl2N3O. The minimum absolute atomic E-state index is 0.112. The zero-order valence-corrected chi connectivity index (χ0v) is 13.1. The predicted octanol–water partition coefficient (Wildman–Crippen LogP) is 4.01. The van der Waals surface area contributed by atoms with Crippen molar-refractivity contribution in [1.82, 2.24) is 0 Å². The van der Waals surface area contributed by atoms with Crippen molar-refractivity contribution in [3.8, 4) is 5.75 Å². The molecule has 112 valence electrons. The van der Waals surface area contributed by atoms with Crippen LogP contribution in [0.25, 0.3) is 0 Å². The minimum atomic E-state index is -0.112. The maximum Gasteiger partial charge on any atom is 0.152 e. The first-order valence-corrected chi connectivity index (χ1v) is 7.46. The highest BCUT2D eigenvalue weighted by Crippen LogP contribution is 2.34. The van der Waals surface area contributed by atoms with Gasteiger partial charge in [-0.3, -0.25) is 9.98 Å². The van der Waals surface area contributed by atoms with Crippen molar-refractivity contribution in [2.45, 2.75) is 0 Å². The smallest absolute Gasteiger partial charge is 0.152 e. The second-order valence-electron chi connectivity index (χ2n) is 4.76. The Balaban J connectivity index is 1.73. The summed E-state index contributed by atoms with van der Waals surface area (Å²) in [6.07, 6.45) is 0. The highest BCUT2D eigenvalue weighted by Gasteiger charge is 2.16. The van der Waals surface area contributed by atoms with Crippen LogP contribution < -0.4 is 5.32 Å². The van der Waals surface area contributed by atoms with Gasteiger partial charge < -0.3 is 10.4 Å². The molecule has 0 atom stereocenters. The van der Waals surface area contributed by atoms with E-state index in [1.807, 2.05) is 30.3 Å². The molecule has 0 fully saturated rings. The number of benzene rings is 2. The SMILES string of the molecule is Oc1c(Cl)cc(NCC2=NCN=C2c2ccccc2)cc1Cl. The van der Waals surface area contributed by atoms with Crippen LogP contribution >= 0.6 is 23.2 Å². The largest absolute Gasteiger partial charge is 0.505 e. The quantitative estimate of drug-likeness (QED) is 0.830. The number of nitrogens with one attached hydrogen (secondary N) is 1. The van der Waals surface area contributed by atoms with E-state index in [0.717, 1.165) is 22.7 Å². The maximum atomic E-state index is 9.57. The molecule has 0 saturated heterocycles. The molecule has 0 saturated carbocycles. The molecule has 1 aliphatic rings. The van der Waals surface area contributed by atoms with Gasteiger partial charge in [0.15, 0.2) is 5.75 Å². The first-order chi connectivity index (χ1) is 10.6. The van der Waals surface area contributed by atoms with Crippen molar-refractivity contribution in [2.24, 2.45) is 9.98 Å². The topological polar surface area (TPSA) is 57.0 Å². The van der Waals surface area contributed by atoms with Gasteiger partial charge in [0.25, 0.3) is 0 Å². The molecule has 0 radical (unpaired) electrons. The Bertz CT molecular complexity index is 734. The average Bonchev–Trinajstić information content (AvgIpc) is 3.00. The third-order valence-electron chi connectivity index (χ3n) is 3.29. The van der Waals surface area contributed by atoms with Crippen LogP contribution in [0.5, 0.6) is 5.75 Å². The Hall–Kier alpha value is -2.04. The van der Waals surface area contributed by atoms with Crippen LogP contribution in [0.2, 0.25) is 10.0 Å². The Labute approximate surface area is 138 Å². The summed E-state index contributed by atoms with van der Waals surface area (Å²) >= 11 is 11.8. The van der Waals surface area contributed by atoms with Crippen molar-refractivity contribution < 1.29 is 5.11 Å². The maximum absolute atomic E-state index is 9.57. The number of hydrogen-bond acceptors (Lipinski definition) is 4. The molecule has 0 bridgehead atoms. The van der Waals surface area contributed by atoms with Gasteiger partial charge in [-0.15, -0.1) is 0 Å². The van der Waals surface area contributed by atoms with Gasteiger partial charge in [0.1, 0.15) is 6.67 Å². The molecule has 2 aromatic rings. The third-order valence-corrected chi connectivity index (χ3v) is 3.86. The van der Waals surface area contributed by atoms with Crippen molar-refractivity contribution in [3.05, 3.63) is 58.1 Å². The predicted molar refractivity (Wildman–Crippen MR) is 91.9 cm³/mol. The minimum Gasteiger partial charge on any atom is -0.505 e. The molecule has 3 rings (SSSR count). The number of aliphatic imine (C=N–C) groups is 2. The van der Waals surface area contributed by atoms with Gasteiger partial charge in [0, 0.05) is 11.3 Å². The fourth-order valence-electron chi connectivity index (χ4n) is 2.20. The molecule has 1 aliphatic heterocycles. The number of rotatable bonds is 4. The molecular weight excluding hydrogens is 321 g/mol. The van der Waals surface area contributed by atoms with Crippen LogP contribution in [0, 0.1) is 0 Å². The highest BCUT2D eigenvalue weighted by atomic mass is 35.5. The lowest BCUT2D eigenvalue weighted by Gasteiger charge is -2.10. The van der Waals surface area contributed by atoms with E-state index < -0.39 is 0 Å².